The van der Waals surface area contributed by atoms with Crippen molar-refractivity contribution >= 4 is 5.97 Å². The highest BCUT2D eigenvalue weighted by atomic mass is 16.4. The minimum atomic E-state index is -1.00. The molecule has 0 atom stereocenters. The highest BCUT2D eigenvalue weighted by Crippen LogP contribution is 1.89. The summed E-state index contributed by atoms with van der Waals surface area (Å²) in [6, 6.07) is 0. The third-order valence-corrected chi connectivity index (χ3v) is 0.808. The number of aromatic carboxylic acids is 1. The molecule has 0 radical (unpaired) electrons. The quantitative estimate of drug-likeness (QED) is 0.660. The molecule has 4 heteroatoms. The van der Waals surface area contributed by atoms with Gasteiger partial charge in [-0.2, -0.15) is 0 Å². The number of carboxylic acid groups (broad SMARTS) is 1. The summed E-state index contributed by atoms with van der Waals surface area (Å²) in [5.41, 5.74) is 0.109. The molecular weight excluding hydrogens is 144 g/mol. The van der Waals surface area contributed by atoms with Crippen LogP contribution in [0.25, 0.3) is 0 Å². The first kappa shape index (κ1) is 9.55. The number of carbonyl (C=O) groups is 1. The van der Waals surface area contributed by atoms with Crippen molar-refractivity contribution in [2.45, 2.75) is 13.8 Å². The highest BCUT2D eigenvalue weighted by molar-refractivity contribution is 5.86. The van der Waals surface area contributed by atoms with Gasteiger partial charge in [0.05, 0.1) is 5.56 Å². The molecule has 0 aliphatic heterocycles. The Morgan fingerprint density at radius 1 is 1.36 bits per heavy atom. The first-order chi connectivity index (χ1) is 5.30. The van der Waals surface area contributed by atoms with Crippen LogP contribution in [0.5, 0.6) is 0 Å². The number of aromatic nitrogens is 2. The van der Waals surface area contributed by atoms with Crippen LogP contribution in [0.15, 0.2) is 18.7 Å². The molecule has 1 aromatic rings. The Morgan fingerprint density at radius 2 is 1.82 bits per heavy atom. The summed E-state index contributed by atoms with van der Waals surface area (Å²) < 4.78 is 0. The fraction of sp³-hybridized carbons (Fsp3) is 0.286. The van der Waals surface area contributed by atoms with Gasteiger partial charge in [0, 0.05) is 12.4 Å². The second-order valence-electron chi connectivity index (χ2n) is 1.43. The van der Waals surface area contributed by atoms with Gasteiger partial charge in [-0.25, -0.2) is 14.8 Å². The van der Waals surface area contributed by atoms with Gasteiger partial charge in [-0.05, 0) is 0 Å². The summed E-state index contributed by atoms with van der Waals surface area (Å²) in [5.74, 6) is -1.00. The van der Waals surface area contributed by atoms with Gasteiger partial charge in [0.15, 0.2) is 0 Å². The molecule has 0 amide bonds. The molecule has 1 N–H and O–H groups in total. The summed E-state index contributed by atoms with van der Waals surface area (Å²) >= 11 is 0. The van der Waals surface area contributed by atoms with Gasteiger partial charge in [-0.1, -0.05) is 13.8 Å². The van der Waals surface area contributed by atoms with Crippen LogP contribution in [0, 0.1) is 0 Å². The maximum absolute atomic E-state index is 10.1. The van der Waals surface area contributed by atoms with E-state index in [1.165, 1.54) is 18.7 Å². The SMILES string of the molecule is CC.O=C(O)c1cncnc1. The molecule has 0 fully saturated rings. The molecule has 1 heterocycles. The zero-order chi connectivity index (χ0) is 8.69. The second-order valence-corrected chi connectivity index (χ2v) is 1.43. The predicted octanol–water partition coefficient (Wildman–Crippen LogP) is 1.20. The molecule has 0 unspecified atom stereocenters. The van der Waals surface area contributed by atoms with Gasteiger partial charge in [0.1, 0.15) is 6.33 Å². The maximum Gasteiger partial charge on any atom is 0.338 e. The van der Waals surface area contributed by atoms with E-state index in [1.807, 2.05) is 13.8 Å². The van der Waals surface area contributed by atoms with Crippen molar-refractivity contribution in [1.29, 1.82) is 0 Å². The van der Waals surface area contributed by atoms with Gasteiger partial charge in [-0.15, -0.1) is 0 Å². The van der Waals surface area contributed by atoms with E-state index in [1.54, 1.807) is 0 Å². The van der Waals surface area contributed by atoms with Gasteiger partial charge < -0.3 is 5.11 Å². The van der Waals surface area contributed by atoms with Crippen molar-refractivity contribution in [3.8, 4) is 0 Å². The Morgan fingerprint density at radius 3 is 2.09 bits per heavy atom. The van der Waals surface area contributed by atoms with Crippen molar-refractivity contribution in [3.63, 3.8) is 0 Å². The Kier molecular flexibility index (Phi) is 4.64. The van der Waals surface area contributed by atoms with Crippen LogP contribution in [-0.4, -0.2) is 21.0 Å². The first-order valence-electron chi connectivity index (χ1n) is 3.29. The van der Waals surface area contributed by atoms with E-state index in [0.717, 1.165) is 0 Å². The molecule has 0 spiro atoms. The molecule has 0 saturated carbocycles. The second kappa shape index (κ2) is 5.34. The summed E-state index contributed by atoms with van der Waals surface area (Å²) in [5, 5.41) is 8.30. The van der Waals surface area contributed by atoms with Crippen molar-refractivity contribution in [3.05, 3.63) is 24.3 Å². The lowest BCUT2D eigenvalue weighted by atomic mass is 10.4. The summed E-state index contributed by atoms with van der Waals surface area (Å²) in [6.45, 7) is 4.00. The van der Waals surface area contributed by atoms with E-state index in [9.17, 15) is 4.79 Å². The van der Waals surface area contributed by atoms with Gasteiger partial charge in [-0.3, -0.25) is 0 Å². The Hall–Kier alpha value is -1.45. The van der Waals surface area contributed by atoms with Crippen molar-refractivity contribution in [2.24, 2.45) is 0 Å². The van der Waals surface area contributed by atoms with Crippen molar-refractivity contribution < 1.29 is 9.90 Å². The zero-order valence-electron chi connectivity index (χ0n) is 6.48. The summed E-state index contributed by atoms with van der Waals surface area (Å²) in [7, 11) is 0. The third-order valence-electron chi connectivity index (χ3n) is 0.808. The lowest BCUT2D eigenvalue weighted by Gasteiger charge is -1.86. The molecule has 60 valence electrons. The lowest BCUT2D eigenvalue weighted by Crippen LogP contribution is -1.96. The fourth-order valence-corrected chi connectivity index (χ4v) is 0.410. The van der Waals surface area contributed by atoms with Crippen LogP contribution in [0.3, 0.4) is 0 Å². The smallest absolute Gasteiger partial charge is 0.338 e. The number of carboxylic acids is 1. The standard InChI is InChI=1S/C5H4N2O2.C2H6/c8-5(9)4-1-6-3-7-2-4;1-2/h1-3H,(H,8,9);1-2H3. The van der Waals surface area contributed by atoms with Crippen LogP contribution in [-0.2, 0) is 0 Å². The Balaban J connectivity index is 0.000000461. The van der Waals surface area contributed by atoms with Crippen LogP contribution in [0.4, 0.5) is 0 Å². The molecule has 0 aliphatic carbocycles. The van der Waals surface area contributed by atoms with E-state index in [-0.39, 0.29) is 5.56 Å². The van der Waals surface area contributed by atoms with Crippen LogP contribution in [0.1, 0.15) is 24.2 Å². The zero-order valence-corrected chi connectivity index (χ0v) is 6.48. The topological polar surface area (TPSA) is 63.1 Å². The molecule has 0 bridgehead atoms. The van der Waals surface area contributed by atoms with E-state index < -0.39 is 5.97 Å². The largest absolute Gasteiger partial charge is 0.478 e. The highest BCUT2D eigenvalue weighted by Gasteiger charge is 1.98. The van der Waals surface area contributed by atoms with E-state index in [4.69, 9.17) is 5.11 Å². The van der Waals surface area contributed by atoms with E-state index in [0.29, 0.717) is 0 Å². The van der Waals surface area contributed by atoms with Crippen molar-refractivity contribution in [1.82, 2.24) is 9.97 Å². The molecule has 1 aromatic heterocycles. The van der Waals surface area contributed by atoms with Gasteiger partial charge >= 0.3 is 5.97 Å². The number of rotatable bonds is 1. The molecule has 11 heavy (non-hydrogen) atoms. The summed E-state index contributed by atoms with van der Waals surface area (Å²) in [4.78, 5) is 17.1. The third kappa shape index (κ3) is 3.30. The fourth-order valence-electron chi connectivity index (χ4n) is 0.410. The van der Waals surface area contributed by atoms with E-state index >= 15 is 0 Å². The average molecular weight is 154 g/mol. The normalized spacial score (nSPS) is 7.82. The number of nitrogens with zero attached hydrogens (tertiary/aromatic N) is 2. The molecule has 0 aliphatic rings. The predicted molar refractivity (Wildman–Crippen MR) is 40.3 cm³/mol. The Labute approximate surface area is 64.9 Å². The molecular formula is C7H10N2O2. The molecule has 0 saturated heterocycles. The van der Waals surface area contributed by atoms with Gasteiger partial charge in [0.2, 0.25) is 0 Å². The first-order valence-corrected chi connectivity index (χ1v) is 3.29. The molecule has 4 nitrogen and oxygen atoms in total. The summed E-state index contributed by atoms with van der Waals surface area (Å²) in [6.07, 6.45) is 3.77. The Bertz CT molecular complexity index is 211. The lowest BCUT2D eigenvalue weighted by molar-refractivity contribution is 0.0696. The number of hydrogen-bond donors (Lipinski definition) is 1. The molecule has 1 rings (SSSR count). The van der Waals surface area contributed by atoms with Gasteiger partial charge in [0.25, 0.3) is 0 Å². The minimum absolute atomic E-state index is 0.109. The van der Waals surface area contributed by atoms with Crippen LogP contribution >= 0.6 is 0 Å². The van der Waals surface area contributed by atoms with E-state index in [2.05, 4.69) is 9.97 Å². The minimum Gasteiger partial charge on any atom is -0.478 e. The van der Waals surface area contributed by atoms with Crippen LogP contribution < -0.4 is 0 Å². The molecule has 0 aromatic carbocycles. The van der Waals surface area contributed by atoms with Crippen LogP contribution in [0.2, 0.25) is 0 Å². The monoisotopic (exact) mass is 154 g/mol. The maximum atomic E-state index is 10.1. The average Bonchev–Trinajstić information content (AvgIpc) is 2.10. The van der Waals surface area contributed by atoms with Crippen molar-refractivity contribution in [2.75, 3.05) is 0 Å². The number of hydrogen-bond acceptors (Lipinski definition) is 3.